The summed E-state index contributed by atoms with van der Waals surface area (Å²) in [5.41, 5.74) is 2.98. The smallest absolute Gasteiger partial charge is 0.254 e. The highest BCUT2D eigenvalue weighted by Crippen LogP contribution is 2.43. The van der Waals surface area contributed by atoms with Gasteiger partial charge in [0.25, 0.3) is 5.91 Å². The zero-order valence-electron chi connectivity index (χ0n) is 23.7. The molecular formula is C31H36N4O5S. The Hall–Kier alpha value is -3.47. The van der Waals surface area contributed by atoms with Gasteiger partial charge in [0.15, 0.2) is 0 Å². The summed E-state index contributed by atoms with van der Waals surface area (Å²) in [5.74, 6) is 1.31. The molecule has 216 valence electrons. The number of benzene rings is 2. The van der Waals surface area contributed by atoms with E-state index in [2.05, 4.69) is 9.88 Å². The Morgan fingerprint density at radius 2 is 1.83 bits per heavy atom. The lowest BCUT2D eigenvalue weighted by Crippen LogP contribution is -2.78. The molecule has 2 unspecified atom stereocenters. The maximum atomic E-state index is 13.5. The zero-order chi connectivity index (χ0) is 28.8. The number of anilines is 1. The standard InChI is InChI=1S/C31H36N4O5S/c1-22-10-11-23(2)26(15-22)30(36)33-17-27(39-3)28(18-33)40-25-8-6-7-24(16-25)19-41(37,38)35-14-12-31(35)20-34(21-31)29-9-4-5-13-32-29/h4-11,13,15-16,27-28H,12,14,17-21H2,1-3H3. The Bertz CT molecular complexity index is 1540. The molecule has 3 aromatic rings. The molecule has 0 saturated carbocycles. The van der Waals surface area contributed by atoms with E-state index in [1.54, 1.807) is 28.6 Å². The van der Waals surface area contributed by atoms with E-state index in [9.17, 15) is 13.2 Å². The van der Waals surface area contributed by atoms with Crippen molar-refractivity contribution in [2.45, 2.75) is 43.8 Å². The quantitative estimate of drug-likeness (QED) is 0.406. The van der Waals surface area contributed by atoms with Gasteiger partial charge >= 0.3 is 0 Å². The Kier molecular flexibility index (Phi) is 7.25. The molecule has 10 heteroatoms. The van der Waals surface area contributed by atoms with Crippen LogP contribution in [0.1, 0.15) is 33.5 Å². The number of carbonyl (C=O) groups is 1. The highest BCUT2D eigenvalue weighted by Gasteiger charge is 2.58. The monoisotopic (exact) mass is 576 g/mol. The van der Waals surface area contributed by atoms with Gasteiger partial charge in [0.1, 0.15) is 23.8 Å². The van der Waals surface area contributed by atoms with Gasteiger partial charge in [0.2, 0.25) is 10.0 Å². The maximum absolute atomic E-state index is 13.5. The van der Waals surface area contributed by atoms with Crippen LogP contribution >= 0.6 is 0 Å². The van der Waals surface area contributed by atoms with Crippen molar-refractivity contribution in [3.05, 3.63) is 89.1 Å². The summed E-state index contributed by atoms with van der Waals surface area (Å²) in [6.07, 6.45) is 1.95. The number of rotatable bonds is 8. The third kappa shape index (κ3) is 5.31. The fraction of sp³-hybridized carbons (Fsp3) is 0.419. The van der Waals surface area contributed by atoms with Crippen LogP contribution in [0.3, 0.4) is 0 Å². The van der Waals surface area contributed by atoms with Gasteiger partial charge in [-0.15, -0.1) is 0 Å². The molecule has 0 radical (unpaired) electrons. The second-order valence-corrected chi connectivity index (χ2v) is 13.3. The summed E-state index contributed by atoms with van der Waals surface area (Å²) in [5, 5.41) is 0. The minimum absolute atomic E-state index is 0.0414. The molecule has 1 aromatic heterocycles. The van der Waals surface area contributed by atoms with Crippen LogP contribution in [0.5, 0.6) is 5.75 Å². The van der Waals surface area contributed by atoms with Crippen molar-refractivity contribution >= 4 is 21.7 Å². The Balaban J connectivity index is 1.10. The first-order valence-electron chi connectivity index (χ1n) is 14.0. The third-order valence-corrected chi connectivity index (χ3v) is 10.5. The topological polar surface area (TPSA) is 92.3 Å². The summed E-state index contributed by atoms with van der Waals surface area (Å²) < 4.78 is 40.6. The molecule has 1 amide bonds. The van der Waals surface area contributed by atoms with Crippen LogP contribution in [0.25, 0.3) is 0 Å². The molecule has 3 aliphatic heterocycles. The molecule has 0 N–H and O–H groups in total. The highest BCUT2D eigenvalue weighted by molar-refractivity contribution is 7.88. The number of aromatic nitrogens is 1. The van der Waals surface area contributed by atoms with E-state index >= 15 is 0 Å². The fourth-order valence-corrected chi connectivity index (χ4v) is 8.12. The van der Waals surface area contributed by atoms with Crippen molar-refractivity contribution in [1.29, 1.82) is 0 Å². The van der Waals surface area contributed by atoms with Crippen LogP contribution in [-0.4, -0.2) is 86.1 Å². The van der Waals surface area contributed by atoms with Crippen molar-refractivity contribution in [3.8, 4) is 5.75 Å². The second-order valence-electron chi connectivity index (χ2n) is 11.5. The van der Waals surface area contributed by atoms with Crippen molar-refractivity contribution in [2.75, 3.05) is 44.7 Å². The number of aryl methyl sites for hydroxylation is 2. The molecule has 1 spiro atoms. The molecule has 41 heavy (non-hydrogen) atoms. The molecule has 6 rings (SSSR count). The first-order valence-corrected chi connectivity index (χ1v) is 15.6. The molecule has 9 nitrogen and oxygen atoms in total. The largest absolute Gasteiger partial charge is 0.486 e. The maximum Gasteiger partial charge on any atom is 0.254 e. The van der Waals surface area contributed by atoms with Crippen molar-refractivity contribution in [3.63, 3.8) is 0 Å². The van der Waals surface area contributed by atoms with Crippen molar-refractivity contribution < 1.29 is 22.7 Å². The van der Waals surface area contributed by atoms with Gasteiger partial charge in [-0.2, -0.15) is 4.31 Å². The number of hydrogen-bond acceptors (Lipinski definition) is 7. The predicted molar refractivity (Wildman–Crippen MR) is 157 cm³/mol. The van der Waals surface area contributed by atoms with Crippen LogP contribution in [-0.2, 0) is 20.5 Å². The number of hydrogen-bond donors (Lipinski definition) is 0. The first-order chi connectivity index (χ1) is 19.7. The van der Waals surface area contributed by atoms with Crippen molar-refractivity contribution in [1.82, 2.24) is 14.2 Å². The van der Waals surface area contributed by atoms with Crippen LogP contribution in [0, 0.1) is 13.8 Å². The van der Waals surface area contributed by atoms with Crippen molar-refractivity contribution in [2.24, 2.45) is 0 Å². The fourth-order valence-electron chi connectivity index (χ4n) is 6.19. The number of methoxy groups -OCH3 is 1. The average molecular weight is 577 g/mol. The lowest BCUT2D eigenvalue weighted by Gasteiger charge is -2.61. The van der Waals surface area contributed by atoms with E-state index in [1.807, 2.05) is 68.4 Å². The Morgan fingerprint density at radius 1 is 1.02 bits per heavy atom. The van der Waals surface area contributed by atoms with Crippen LogP contribution in [0.4, 0.5) is 5.82 Å². The number of amides is 1. The lowest BCUT2D eigenvalue weighted by molar-refractivity contribution is 0.0339. The number of carbonyl (C=O) groups excluding carboxylic acids is 1. The number of ether oxygens (including phenoxy) is 2. The molecule has 3 aliphatic rings. The molecule has 3 fully saturated rings. The summed E-state index contributed by atoms with van der Waals surface area (Å²) in [6.45, 7) is 6.57. The predicted octanol–water partition coefficient (Wildman–Crippen LogP) is 3.41. The van der Waals surface area contributed by atoms with Crippen LogP contribution in [0.15, 0.2) is 66.9 Å². The van der Waals surface area contributed by atoms with Gasteiger partial charge in [-0.05, 0) is 61.7 Å². The van der Waals surface area contributed by atoms with Gasteiger partial charge in [0, 0.05) is 38.5 Å². The molecule has 2 aromatic carbocycles. The van der Waals surface area contributed by atoms with E-state index < -0.39 is 10.0 Å². The summed E-state index contributed by atoms with van der Waals surface area (Å²) in [7, 11) is -1.90. The van der Waals surface area contributed by atoms with E-state index in [0.29, 0.717) is 49.6 Å². The molecule has 0 aliphatic carbocycles. The molecule has 2 atom stereocenters. The lowest BCUT2D eigenvalue weighted by atomic mass is 9.80. The van der Waals surface area contributed by atoms with Gasteiger partial charge < -0.3 is 19.3 Å². The van der Waals surface area contributed by atoms with E-state index in [1.165, 1.54) is 0 Å². The summed E-state index contributed by atoms with van der Waals surface area (Å²) >= 11 is 0. The van der Waals surface area contributed by atoms with Gasteiger partial charge in [-0.1, -0.05) is 35.9 Å². The van der Waals surface area contributed by atoms with Gasteiger partial charge in [-0.25, -0.2) is 13.4 Å². The summed E-state index contributed by atoms with van der Waals surface area (Å²) in [4.78, 5) is 21.6. The van der Waals surface area contributed by atoms with Gasteiger partial charge in [-0.3, -0.25) is 4.79 Å². The minimum atomic E-state index is -3.52. The third-order valence-electron chi connectivity index (χ3n) is 8.55. The first kappa shape index (κ1) is 27.7. The minimum Gasteiger partial charge on any atom is -0.486 e. The number of pyridine rings is 1. The van der Waals surface area contributed by atoms with E-state index in [0.717, 1.165) is 23.4 Å². The summed E-state index contributed by atoms with van der Waals surface area (Å²) in [6, 6.07) is 18.9. The Morgan fingerprint density at radius 3 is 2.54 bits per heavy atom. The van der Waals surface area contributed by atoms with E-state index in [4.69, 9.17) is 9.47 Å². The molecule has 4 heterocycles. The Labute approximate surface area is 241 Å². The number of nitrogens with zero attached hydrogens (tertiary/aromatic N) is 4. The molecular weight excluding hydrogens is 540 g/mol. The SMILES string of the molecule is COC1CN(C(=O)c2cc(C)ccc2C)CC1Oc1cccc(CS(=O)(=O)N2CCC23CN(c2ccccn2)C3)c1. The highest BCUT2D eigenvalue weighted by atomic mass is 32.2. The van der Waals surface area contributed by atoms with E-state index in [-0.39, 0.29) is 29.4 Å². The van der Waals surface area contributed by atoms with Crippen LogP contribution < -0.4 is 9.64 Å². The molecule has 3 saturated heterocycles. The molecule has 0 bridgehead atoms. The van der Waals surface area contributed by atoms with Gasteiger partial charge in [0.05, 0.1) is 24.4 Å². The average Bonchev–Trinajstić information content (AvgIpc) is 3.31. The zero-order valence-corrected chi connectivity index (χ0v) is 24.5. The number of likely N-dealkylation sites (tertiary alicyclic amines) is 1. The van der Waals surface area contributed by atoms with Crippen LogP contribution in [0.2, 0.25) is 0 Å². The number of sulfonamides is 1. The normalized spacial score (nSPS) is 21.9. The second kappa shape index (κ2) is 10.7.